The number of rotatable bonds is 9. The molecule has 2 atom stereocenters. The molecule has 0 N–H and O–H groups in total. The maximum Gasteiger partial charge on any atom is 0.397 e. The summed E-state index contributed by atoms with van der Waals surface area (Å²) in [6.45, 7) is 4.91. The lowest BCUT2D eigenvalue weighted by Gasteiger charge is -2.21. The van der Waals surface area contributed by atoms with Gasteiger partial charge in [-0.25, -0.2) is 0 Å². The number of ether oxygens (including phenoxy) is 2. The number of alkyl halides is 3. The van der Waals surface area contributed by atoms with Gasteiger partial charge in [-0.15, -0.1) is 0 Å². The third-order valence-electron chi connectivity index (χ3n) is 6.66. The minimum atomic E-state index is -4.20. The van der Waals surface area contributed by atoms with Crippen molar-refractivity contribution in [1.29, 1.82) is 0 Å². The maximum absolute atomic E-state index is 13.0. The zero-order chi connectivity index (χ0) is 23.6. The van der Waals surface area contributed by atoms with Crippen LogP contribution in [-0.4, -0.2) is 37.8 Å². The van der Waals surface area contributed by atoms with E-state index in [1.807, 2.05) is 43.3 Å². The molecule has 178 valence electrons. The summed E-state index contributed by atoms with van der Waals surface area (Å²) in [5.41, 5.74) is 0.462. The molecule has 0 spiro atoms. The van der Waals surface area contributed by atoms with Gasteiger partial charge in [-0.2, -0.15) is 13.2 Å². The second-order valence-corrected chi connectivity index (χ2v) is 9.41. The van der Waals surface area contributed by atoms with Crippen molar-refractivity contribution in [2.45, 2.75) is 57.7 Å². The van der Waals surface area contributed by atoms with E-state index in [4.69, 9.17) is 9.47 Å². The van der Waals surface area contributed by atoms with Crippen LogP contribution in [0.3, 0.4) is 0 Å². The molecule has 1 heterocycles. The summed E-state index contributed by atoms with van der Waals surface area (Å²) in [7, 11) is 0. The van der Waals surface area contributed by atoms with E-state index in [2.05, 4.69) is 4.90 Å². The predicted molar refractivity (Wildman–Crippen MR) is 121 cm³/mol. The maximum atomic E-state index is 13.0. The second-order valence-electron chi connectivity index (χ2n) is 9.41. The lowest BCUT2D eigenvalue weighted by molar-refractivity contribution is -0.194. The highest BCUT2D eigenvalue weighted by atomic mass is 19.4. The summed E-state index contributed by atoms with van der Waals surface area (Å²) in [5.74, 6) is 1.64. The molecule has 4 nitrogen and oxygen atoms in total. The van der Waals surface area contributed by atoms with Crippen molar-refractivity contribution < 1.29 is 27.4 Å². The van der Waals surface area contributed by atoms with Crippen LogP contribution in [0.25, 0.3) is 0 Å². The largest absolute Gasteiger partial charge is 0.493 e. The van der Waals surface area contributed by atoms with Crippen LogP contribution in [0.15, 0.2) is 48.5 Å². The first-order valence-electron chi connectivity index (χ1n) is 11.5. The fraction of sp³-hybridized carbons (Fsp3) is 0.500. The Morgan fingerprint density at radius 1 is 1.09 bits per heavy atom. The molecule has 0 aromatic heterocycles. The summed E-state index contributed by atoms with van der Waals surface area (Å²) in [6.07, 6.45) is -2.44. The van der Waals surface area contributed by atoms with Gasteiger partial charge in [0.1, 0.15) is 35.4 Å². The van der Waals surface area contributed by atoms with E-state index >= 15 is 0 Å². The van der Waals surface area contributed by atoms with E-state index in [0.717, 1.165) is 36.5 Å². The van der Waals surface area contributed by atoms with Crippen LogP contribution in [0.5, 0.6) is 11.5 Å². The summed E-state index contributed by atoms with van der Waals surface area (Å²) in [6, 6.07) is 15.2. The first kappa shape index (κ1) is 23.5. The smallest absolute Gasteiger partial charge is 0.397 e. The number of anilines is 1. The molecule has 1 unspecified atom stereocenters. The Balaban J connectivity index is 1.27. The molecule has 1 aliphatic carbocycles. The third kappa shape index (κ3) is 5.63. The van der Waals surface area contributed by atoms with Crippen molar-refractivity contribution in [3.05, 3.63) is 54.1 Å². The third-order valence-corrected chi connectivity index (χ3v) is 6.66. The van der Waals surface area contributed by atoms with Gasteiger partial charge in [0.15, 0.2) is 0 Å². The fourth-order valence-corrected chi connectivity index (χ4v) is 4.31. The molecule has 0 radical (unpaired) electrons. The highest BCUT2D eigenvalue weighted by molar-refractivity contribution is 5.76. The van der Waals surface area contributed by atoms with Gasteiger partial charge in [0.25, 0.3) is 0 Å². The van der Waals surface area contributed by atoms with Crippen molar-refractivity contribution >= 4 is 11.5 Å². The number of carbonyl (C=O) groups excluding carboxylic acids is 1. The lowest BCUT2D eigenvalue weighted by atomic mass is 9.96. The van der Waals surface area contributed by atoms with Crippen LogP contribution in [0, 0.1) is 5.41 Å². The molecule has 2 aromatic rings. The molecule has 4 rings (SSSR count). The van der Waals surface area contributed by atoms with Gasteiger partial charge in [0, 0.05) is 25.1 Å². The van der Waals surface area contributed by atoms with Crippen molar-refractivity contribution in [1.82, 2.24) is 0 Å². The number of halogens is 3. The van der Waals surface area contributed by atoms with Gasteiger partial charge >= 0.3 is 6.18 Å². The lowest BCUT2D eigenvalue weighted by Crippen LogP contribution is -2.30. The Hall–Kier alpha value is -2.70. The average molecular weight is 462 g/mol. The monoisotopic (exact) mass is 461 g/mol. The molecular formula is C26H30F3NO3. The van der Waals surface area contributed by atoms with Crippen LogP contribution in [-0.2, 0) is 4.79 Å². The van der Waals surface area contributed by atoms with Gasteiger partial charge in [0.2, 0.25) is 0 Å². The van der Waals surface area contributed by atoms with E-state index in [0.29, 0.717) is 12.2 Å². The van der Waals surface area contributed by atoms with Crippen LogP contribution in [0.4, 0.5) is 18.9 Å². The van der Waals surface area contributed by atoms with E-state index in [1.165, 1.54) is 0 Å². The molecule has 0 amide bonds. The molecular weight excluding hydrogens is 431 g/mol. The molecule has 1 saturated carbocycles. The Kier molecular flexibility index (Phi) is 6.59. The first-order chi connectivity index (χ1) is 15.6. The summed E-state index contributed by atoms with van der Waals surface area (Å²) in [4.78, 5) is 13.5. The highest BCUT2D eigenvalue weighted by Crippen LogP contribution is 2.57. The number of hydrogen-bond donors (Lipinski definition) is 0. The zero-order valence-electron chi connectivity index (χ0n) is 19.0. The standard InChI is InChI=1S/C26H30F3NO3/c1-18(15-19(2)31)20-3-7-23(8-4-20)33-24-11-14-30(16-24)21-5-9-22(10-6-21)32-17-25(12-13-25)26(27,28)29/h3-10,18,24H,11-17H2,1-2H3/t18-,24?/m1/s1. The quantitative estimate of drug-likeness (QED) is 0.449. The van der Waals surface area contributed by atoms with E-state index < -0.39 is 11.6 Å². The summed E-state index contributed by atoms with van der Waals surface area (Å²) >= 11 is 0. The topological polar surface area (TPSA) is 38.8 Å². The van der Waals surface area contributed by atoms with Gasteiger partial charge in [-0.3, -0.25) is 0 Å². The van der Waals surface area contributed by atoms with E-state index in [-0.39, 0.29) is 37.3 Å². The van der Waals surface area contributed by atoms with Crippen LogP contribution in [0.1, 0.15) is 51.0 Å². The number of Topliss-reactive ketones (excluding diaryl/α,β-unsaturated/α-hetero) is 1. The molecule has 2 aliphatic rings. The zero-order valence-corrected chi connectivity index (χ0v) is 19.0. The van der Waals surface area contributed by atoms with Crippen molar-refractivity contribution in [2.24, 2.45) is 5.41 Å². The summed E-state index contributed by atoms with van der Waals surface area (Å²) in [5, 5.41) is 0. The van der Waals surface area contributed by atoms with E-state index in [9.17, 15) is 18.0 Å². The number of ketones is 1. The first-order valence-corrected chi connectivity index (χ1v) is 11.5. The van der Waals surface area contributed by atoms with Gasteiger partial charge < -0.3 is 19.2 Å². The Morgan fingerprint density at radius 2 is 1.73 bits per heavy atom. The van der Waals surface area contributed by atoms with Crippen LogP contribution >= 0.6 is 0 Å². The van der Waals surface area contributed by atoms with Gasteiger partial charge in [-0.05, 0) is 67.6 Å². The number of carbonyl (C=O) groups is 1. The van der Waals surface area contributed by atoms with Crippen molar-refractivity contribution in [3.63, 3.8) is 0 Å². The minimum absolute atomic E-state index is 0.0583. The molecule has 2 aromatic carbocycles. The van der Waals surface area contributed by atoms with Crippen molar-refractivity contribution in [3.8, 4) is 11.5 Å². The Morgan fingerprint density at radius 3 is 2.30 bits per heavy atom. The van der Waals surface area contributed by atoms with E-state index in [1.54, 1.807) is 19.1 Å². The van der Waals surface area contributed by atoms with Crippen LogP contribution < -0.4 is 14.4 Å². The molecule has 7 heteroatoms. The molecule has 1 aliphatic heterocycles. The van der Waals surface area contributed by atoms with Gasteiger partial charge in [-0.1, -0.05) is 19.1 Å². The molecule has 33 heavy (non-hydrogen) atoms. The molecule has 2 fully saturated rings. The summed E-state index contributed by atoms with van der Waals surface area (Å²) < 4.78 is 50.7. The highest BCUT2D eigenvalue weighted by Gasteiger charge is 2.63. The number of nitrogens with zero attached hydrogens (tertiary/aromatic N) is 1. The molecule has 1 saturated heterocycles. The predicted octanol–water partition coefficient (Wildman–Crippen LogP) is 6.15. The second kappa shape index (κ2) is 9.27. The Bertz CT molecular complexity index is 952. The minimum Gasteiger partial charge on any atom is -0.493 e. The average Bonchev–Trinajstić information content (AvgIpc) is 3.45. The SMILES string of the molecule is CC(=O)C[C@@H](C)c1ccc(OC2CCN(c3ccc(OCC4(C(F)(F)F)CC4)cc3)C2)cc1. The fourth-order valence-electron chi connectivity index (χ4n) is 4.31. The van der Waals surface area contributed by atoms with Crippen molar-refractivity contribution in [2.75, 3.05) is 24.6 Å². The Labute approximate surface area is 192 Å². The van der Waals surface area contributed by atoms with Gasteiger partial charge in [0.05, 0.1) is 6.54 Å². The normalized spacial score (nSPS) is 20.4. The van der Waals surface area contributed by atoms with Crippen LogP contribution in [0.2, 0.25) is 0 Å². The molecule has 0 bridgehead atoms. The number of benzene rings is 2. The number of hydrogen-bond acceptors (Lipinski definition) is 4.